The van der Waals surface area contributed by atoms with Crippen molar-refractivity contribution in [3.63, 3.8) is 0 Å². The van der Waals surface area contributed by atoms with Crippen molar-refractivity contribution >= 4 is 0 Å². The molecule has 1 heterocycles. The first-order valence-electron chi connectivity index (χ1n) is 5.88. The summed E-state index contributed by atoms with van der Waals surface area (Å²) in [5, 5.41) is 13.1. The molecular formula is C11H22N4O. The maximum absolute atomic E-state index is 9.72. The SMILES string of the molecule is CC(C)(C)C1CCCN1C[C@@H](O)CN=[N+]=[N-]. The Morgan fingerprint density at radius 3 is 2.81 bits per heavy atom. The summed E-state index contributed by atoms with van der Waals surface area (Å²) in [6, 6.07) is 0.521. The van der Waals surface area contributed by atoms with E-state index in [4.69, 9.17) is 5.53 Å². The van der Waals surface area contributed by atoms with E-state index in [-0.39, 0.29) is 12.0 Å². The molecule has 2 atom stereocenters. The third kappa shape index (κ3) is 3.67. The molecule has 5 heteroatoms. The Kier molecular flexibility index (Phi) is 4.59. The van der Waals surface area contributed by atoms with Crippen LogP contribution >= 0.6 is 0 Å². The standard InChI is InChI=1S/C11H22N4O/c1-11(2,3)10-5-4-6-15(10)8-9(16)7-13-14-12/h9-10,16H,4-8H2,1-3H3/t9-,10?/m0/s1. The zero-order chi connectivity index (χ0) is 12.2. The molecule has 5 nitrogen and oxygen atoms in total. The second-order valence-corrected chi connectivity index (χ2v) is 5.59. The highest BCUT2D eigenvalue weighted by Gasteiger charge is 2.34. The Morgan fingerprint density at radius 1 is 1.56 bits per heavy atom. The zero-order valence-electron chi connectivity index (χ0n) is 10.4. The molecule has 0 aliphatic carbocycles. The molecule has 1 aliphatic rings. The minimum atomic E-state index is -0.543. The summed E-state index contributed by atoms with van der Waals surface area (Å²) < 4.78 is 0. The Hall–Kier alpha value is -0.770. The van der Waals surface area contributed by atoms with Gasteiger partial charge in [-0.3, -0.25) is 4.90 Å². The number of hydrogen-bond acceptors (Lipinski definition) is 3. The highest BCUT2D eigenvalue weighted by atomic mass is 16.3. The van der Waals surface area contributed by atoms with E-state index in [1.54, 1.807) is 0 Å². The van der Waals surface area contributed by atoms with Crippen LogP contribution in [0.25, 0.3) is 10.4 Å². The summed E-state index contributed by atoms with van der Waals surface area (Å²) in [7, 11) is 0. The van der Waals surface area contributed by atoms with Crippen molar-refractivity contribution in [3.05, 3.63) is 10.4 Å². The molecule has 0 amide bonds. The number of hydrogen-bond donors (Lipinski definition) is 1. The number of rotatable bonds is 4. The number of azide groups is 1. The topological polar surface area (TPSA) is 72.2 Å². The van der Waals surface area contributed by atoms with Crippen LogP contribution in [0, 0.1) is 5.41 Å². The van der Waals surface area contributed by atoms with Crippen LogP contribution in [-0.4, -0.2) is 41.8 Å². The maximum Gasteiger partial charge on any atom is 0.0723 e. The van der Waals surface area contributed by atoms with Crippen LogP contribution < -0.4 is 0 Å². The quantitative estimate of drug-likeness (QED) is 0.453. The number of β-amino-alcohol motifs (C(OH)–C–C–N with tert-alkyl or cyclic N) is 1. The molecule has 1 aliphatic heterocycles. The van der Waals surface area contributed by atoms with Crippen molar-refractivity contribution in [2.45, 2.75) is 45.8 Å². The second kappa shape index (κ2) is 5.53. The van der Waals surface area contributed by atoms with E-state index in [0.717, 1.165) is 6.54 Å². The predicted molar refractivity (Wildman–Crippen MR) is 64.1 cm³/mol. The van der Waals surface area contributed by atoms with Gasteiger partial charge in [-0.1, -0.05) is 25.9 Å². The molecule has 0 aromatic carbocycles. The van der Waals surface area contributed by atoms with Crippen LogP contribution in [0.2, 0.25) is 0 Å². The maximum atomic E-state index is 9.72. The molecule has 0 bridgehead atoms. The summed E-state index contributed by atoms with van der Waals surface area (Å²) >= 11 is 0. The first-order valence-corrected chi connectivity index (χ1v) is 5.88. The molecule has 1 unspecified atom stereocenters. The van der Waals surface area contributed by atoms with Crippen molar-refractivity contribution in [1.82, 2.24) is 4.90 Å². The van der Waals surface area contributed by atoms with Gasteiger partial charge in [-0.25, -0.2) is 0 Å². The molecule has 1 fully saturated rings. The monoisotopic (exact) mass is 226 g/mol. The highest BCUT2D eigenvalue weighted by molar-refractivity contribution is 4.89. The van der Waals surface area contributed by atoms with Crippen LogP contribution in [0.5, 0.6) is 0 Å². The van der Waals surface area contributed by atoms with Gasteiger partial charge in [0.05, 0.1) is 12.6 Å². The van der Waals surface area contributed by atoms with E-state index in [0.29, 0.717) is 12.6 Å². The van der Waals surface area contributed by atoms with Crippen molar-refractivity contribution in [1.29, 1.82) is 0 Å². The average Bonchev–Trinajstić information content (AvgIpc) is 2.62. The predicted octanol–water partition coefficient (Wildman–Crippen LogP) is 2.17. The fraction of sp³-hybridized carbons (Fsp3) is 1.00. The number of aliphatic hydroxyl groups excluding tert-OH is 1. The molecular weight excluding hydrogens is 204 g/mol. The average molecular weight is 226 g/mol. The van der Waals surface area contributed by atoms with Crippen LogP contribution in [0.1, 0.15) is 33.6 Å². The van der Waals surface area contributed by atoms with Gasteiger partial charge in [0.15, 0.2) is 0 Å². The van der Waals surface area contributed by atoms with Gasteiger partial charge in [-0.15, -0.1) is 0 Å². The molecule has 0 spiro atoms. The van der Waals surface area contributed by atoms with E-state index in [2.05, 4.69) is 35.7 Å². The normalized spacial score (nSPS) is 24.1. The second-order valence-electron chi connectivity index (χ2n) is 5.59. The molecule has 16 heavy (non-hydrogen) atoms. The Balaban J connectivity index is 2.49. The van der Waals surface area contributed by atoms with Crippen LogP contribution in [0.15, 0.2) is 5.11 Å². The molecule has 0 aromatic heterocycles. The van der Waals surface area contributed by atoms with E-state index in [1.807, 2.05) is 0 Å². The van der Waals surface area contributed by atoms with Crippen molar-refractivity contribution in [2.24, 2.45) is 10.5 Å². The molecule has 1 rings (SSSR count). The molecule has 1 saturated heterocycles. The summed E-state index contributed by atoms with van der Waals surface area (Å²) in [4.78, 5) is 4.98. The van der Waals surface area contributed by atoms with E-state index in [1.165, 1.54) is 12.8 Å². The van der Waals surface area contributed by atoms with Gasteiger partial charge >= 0.3 is 0 Å². The van der Waals surface area contributed by atoms with Crippen LogP contribution in [0.4, 0.5) is 0 Å². The Morgan fingerprint density at radius 2 is 2.25 bits per heavy atom. The summed E-state index contributed by atoms with van der Waals surface area (Å²) in [6.45, 7) is 8.52. The summed E-state index contributed by atoms with van der Waals surface area (Å²) in [5.41, 5.74) is 8.44. The number of aliphatic hydroxyl groups is 1. The van der Waals surface area contributed by atoms with Gasteiger partial charge in [-0.2, -0.15) is 0 Å². The smallest absolute Gasteiger partial charge is 0.0723 e. The van der Waals surface area contributed by atoms with E-state index >= 15 is 0 Å². The molecule has 92 valence electrons. The lowest BCUT2D eigenvalue weighted by atomic mass is 9.85. The zero-order valence-corrected chi connectivity index (χ0v) is 10.4. The van der Waals surface area contributed by atoms with Gasteiger partial charge in [-0.05, 0) is 30.3 Å². The van der Waals surface area contributed by atoms with Crippen LogP contribution in [-0.2, 0) is 0 Å². The molecule has 1 N–H and O–H groups in total. The van der Waals surface area contributed by atoms with Gasteiger partial charge in [0.25, 0.3) is 0 Å². The van der Waals surface area contributed by atoms with Gasteiger partial charge < -0.3 is 5.11 Å². The van der Waals surface area contributed by atoms with Crippen molar-refractivity contribution in [3.8, 4) is 0 Å². The largest absolute Gasteiger partial charge is 0.392 e. The highest BCUT2D eigenvalue weighted by Crippen LogP contribution is 2.32. The number of nitrogens with zero attached hydrogens (tertiary/aromatic N) is 4. The van der Waals surface area contributed by atoms with Gasteiger partial charge in [0, 0.05) is 17.5 Å². The Labute approximate surface area is 97.1 Å². The first kappa shape index (κ1) is 13.3. The molecule has 0 saturated carbocycles. The minimum Gasteiger partial charge on any atom is -0.392 e. The lowest BCUT2D eigenvalue weighted by molar-refractivity contribution is 0.0750. The lowest BCUT2D eigenvalue weighted by Gasteiger charge is -2.35. The van der Waals surface area contributed by atoms with Gasteiger partial charge in [0.1, 0.15) is 0 Å². The van der Waals surface area contributed by atoms with E-state index < -0.39 is 6.10 Å². The minimum absolute atomic E-state index is 0.170. The lowest BCUT2D eigenvalue weighted by Crippen LogP contribution is -2.43. The fourth-order valence-electron chi connectivity index (χ4n) is 2.48. The third-order valence-electron chi connectivity index (χ3n) is 3.16. The third-order valence-corrected chi connectivity index (χ3v) is 3.16. The summed E-state index contributed by atoms with van der Waals surface area (Å²) in [6.07, 6.45) is 1.84. The van der Waals surface area contributed by atoms with Crippen LogP contribution in [0.3, 0.4) is 0 Å². The number of likely N-dealkylation sites (tertiary alicyclic amines) is 1. The van der Waals surface area contributed by atoms with Crippen molar-refractivity contribution < 1.29 is 5.11 Å². The summed E-state index contributed by atoms with van der Waals surface area (Å²) in [5.74, 6) is 0. The molecule has 0 radical (unpaired) electrons. The van der Waals surface area contributed by atoms with E-state index in [9.17, 15) is 5.11 Å². The molecule has 0 aromatic rings. The fourth-order valence-corrected chi connectivity index (χ4v) is 2.48. The van der Waals surface area contributed by atoms with Crippen molar-refractivity contribution in [2.75, 3.05) is 19.6 Å². The first-order chi connectivity index (χ1) is 7.45. The van der Waals surface area contributed by atoms with Gasteiger partial charge in [0.2, 0.25) is 0 Å². The Bertz CT molecular complexity index is 268.